The van der Waals surface area contributed by atoms with Crippen molar-refractivity contribution < 1.29 is 0 Å². The zero-order valence-corrected chi connectivity index (χ0v) is 51.7. The van der Waals surface area contributed by atoms with E-state index in [1.54, 1.807) is 0 Å². The van der Waals surface area contributed by atoms with Gasteiger partial charge in [-0.1, -0.05) is 141 Å². The minimum Gasteiger partial charge on any atom is -0.338 e. The van der Waals surface area contributed by atoms with Crippen LogP contribution in [-0.4, -0.2) is 19.9 Å². The molecule has 0 aliphatic carbocycles. The van der Waals surface area contributed by atoms with Gasteiger partial charge in [0.2, 0.25) is 0 Å². The molecule has 10 aromatic rings. The molecule has 8 heterocycles. The second kappa shape index (κ2) is 28.4. The first kappa shape index (κ1) is 56.9. The van der Waals surface area contributed by atoms with Crippen molar-refractivity contribution in [3.8, 4) is 59.5 Å². The normalized spacial score (nSPS) is 11.6. The minimum absolute atomic E-state index is 0.648. The smallest absolute Gasteiger partial charge is 0.172 e. The lowest BCUT2D eigenvalue weighted by atomic mass is 10.0. The van der Waals surface area contributed by atoms with Crippen molar-refractivity contribution in [2.45, 2.75) is 163 Å². The van der Waals surface area contributed by atoms with Gasteiger partial charge < -0.3 is 10.6 Å². The number of aryl methyl sites for hydroxylation is 5. The van der Waals surface area contributed by atoms with Gasteiger partial charge in [-0.2, -0.15) is 0 Å². The molecule has 0 saturated heterocycles. The fourth-order valence-corrected chi connectivity index (χ4v) is 17.5. The number of thiophene rings is 6. The molecule has 12 heteroatoms. The van der Waals surface area contributed by atoms with Gasteiger partial charge >= 0.3 is 0 Å². The van der Waals surface area contributed by atoms with Crippen LogP contribution in [0.25, 0.3) is 70.5 Å². The molecule has 0 spiro atoms. The minimum atomic E-state index is 0.648. The quantitative estimate of drug-likeness (QED) is 0.0437. The molecule has 8 aromatic heterocycles. The van der Waals surface area contributed by atoms with Crippen LogP contribution in [0.2, 0.25) is 0 Å². The third kappa shape index (κ3) is 14.6. The summed E-state index contributed by atoms with van der Waals surface area (Å²) in [7, 11) is 0. The van der Waals surface area contributed by atoms with E-state index in [0.29, 0.717) is 34.3 Å². The molecule has 0 bridgehead atoms. The van der Waals surface area contributed by atoms with Gasteiger partial charge in [0.25, 0.3) is 0 Å². The Hall–Kier alpha value is -5.34. The summed E-state index contributed by atoms with van der Waals surface area (Å²) in [4.78, 5) is 37.2. The van der Waals surface area contributed by atoms with Gasteiger partial charge in [-0.15, -0.1) is 68.0 Å². The Bertz CT molecular complexity index is 3500. The molecule has 6 nitrogen and oxygen atoms in total. The predicted octanol–water partition coefficient (Wildman–Crippen LogP) is 23.1. The summed E-state index contributed by atoms with van der Waals surface area (Å²) < 4.78 is 0. The number of benzene rings is 2. The van der Waals surface area contributed by atoms with Gasteiger partial charge in [0.05, 0.1) is 4.88 Å². The van der Waals surface area contributed by atoms with E-state index in [9.17, 15) is 0 Å². The highest BCUT2D eigenvalue weighted by Crippen LogP contribution is 2.51. The van der Waals surface area contributed by atoms with Crippen LogP contribution in [0, 0.1) is 6.92 Å². The van der Waals surface area contributed by atoms with Crippen LogP contribution in [0.15, 0.2) is 115 Å². The highest BCUT2D eigenvalue weighted by atomic mass is 32.1. The maximum atomic E-state index is 5.38. The fraction of sp³-hybridized carbons (Fsp3) is 0.373. The second-order valence-electron chi connectivity index (χ2n) is 20.9. The van der Waals surface area contributed by atoms with Crippen molar-refractivity contribution in [1.29, 1.82) is 0 Å². The Kier molecular flexibility index (Phi) is 20.4. The van der Waals surface area contributed by atoms with E-state index in [1.165, 1.54) is 173 Å². The molecule has 10 rings (SSSR count). The number of rotatable bonds is 30. The Morgan fingerprint density at radius 1 is 0.342 bits per heavy atom. The molecule has 0 unspecified atom stereocenters. The molecule has 79 heavy (non-hydrogen) atoms. The van der Waals surface area contributed by atoms with Crippen LogP contribution in [0.5, 0.6) is 0 Å². The number of anilines is 4. The van der Waals surface area contributed by atoms with Crippen LogP contribution < -0.4 is 10.6 Å². The maximum Gasteiger partial charge on any atom is 0.172 e. The number of unbranched alkanes of at least 4 members (excludes halogenated alkanes) is 12. The zero-order valence-electron chi connectivity index (χ0n) is 46.9. The second-order valence-corrected chi connectivity index (χ2v) is 27.4. The first-order valence-corrected chi connectivity index (χ1v) is 34.2. The molecule has 0 fully saturated rings. The van der Waals surface area contributed by atoms with Crippen LogP contribution in [0.3, 0.4) is 0 Å². The predicted molar refractivity (Wildman–Crippen MR) is 351 cm³/mol. The van der Waals surface area contributed by atoms with Gasteiger partial charge in [-0.05, 0) is 154 Å². The lowest BCUT2D eigenvalue weighted by Gasteiger charge is -2.13. The van der Waals surface area contributed by atoms with E-state index in [-0.39, 0.29) is 0 Å². The Labute approximate surface area is 494 Å². The number of para-hydroxylation sites is 2. The summed E-state index contributed by atoms with van der Waals surface area (Å²) in [6.45, 7) is 11.2. The van der Waals surface area contributed by atoms with Crippen molar-refractivity contribution >= 4 is 102 Å². The molecule has 0 saturated carbocycles. The van der Waals surface area contributed by atoms with E-state index in [4.69, 9.17) is 19.9 Å². The van der Waals surface area contributed by atoms with Crippen molar-refractivity contribution in [3.63, 3.8) is 0 Å². The van der Waals surface area contributed by atoms with E-state index in [0.717, 1.165) is 41.9 Å². The molecule has 2 aromatic carbocycles. The van der Waals surface area contributed by atoms with E-state index >= 15 is 0 Å². The van der Waals surface area contributed by atoms with E-state index in [1.807, 2.05) is 111 Å². The zero-order chi connectivity index (χ0) is 54.3. The summed E-state index contributed by atoms with van der Waals surface area (Å²) in [6.07, 6.45) is 24.5. The van der Waals surface area contributed by atoms with E-state index < -0.39 is 0 Å². The number of aromatic nitrogens is 4. The standard InChI is InChI=1S/C67H76N6S6/c1-6-10-14-20-28-46-42-57(77-62(46)56-41-40-55(76-56)54-39-38-53(75-54)52-37-36-51(74-52)35-27-17-13-9-4)63-47(29-21-15-11-7-2)43-58(78-63)64-48(30-22-16-12-8-3)44-59(79-64)65-72-61-60(67(73-65)71-50-33-25-19-26-34-50)68-45(5)69-66(61)70-49-31-23-18-24-32-49/h18-19,23-26,31-34,36-44H,6-17,20-22,27-30,35H2,1-5H3,(H,68,69,70)(H,71,72,73). The summed E-state index contributed by atoms with van der Waals surface area (Å²) >= 11 is 11.8. The van der Waals surface area contributed by atoms with Gasteiger partial charge in [-0.25, -0.2) is 19.9 Å². The average molecular weight is 1160 g/mol. The number of hydrogen-bond acceptors (Lipinski definition) is 12. The first-order chi connectivity index (χ1) is 38.9. The van der Waals surface area contributed by atoms with Crippen LogP contribution in [0.1, 0.15) is 158 Å². The van der Waals surface area contributed by atoms with Crippen LogP contribution in [0.4, 0.5) is 23.0 Å². The SMILES string of the molecule is CCCCCCc1ccc(-c2ccc(-c3ccc(-c4sc(-c5sc(-c6sc(-c7nc(Nc8ccccc8)c8nc(C)nc(Nc9ccccc9)c8n7)cc6CCCCCC)cc5CCCCCC)cc4CCCCCC)s3)s2)s1. The number of nitrogens with zero attached hydrogens (tertiary/aromatic N) is 4. The summed E-state index contributed by atoms with van der Waals surface area (Å²) in [5.74, 6) is 2.65. The number of nitrogens with one attached hydrogen (secondary N) is 2. The molecule has 410 valence electrons. The lowest BCUT2D eigenvalue weighted by Crippen LogP contribution is -2.05. The Morgan fingerprint density at radius 3 is 1.27 bits per heavy atom. The summed E-state index contributed by atoms with van der Waals surface area (Å²) in [6, 6.07) is 42.2. The Morgan fingerprint density at radius 2 is 0.747 bits per heavy atom. The van der Waals surface area contributed by atoms with Crippen LogP contribution in [-0.2, 0) is 25.7 Å². The van der Waals surface area contributed by atoms with Gasteiger partial charge in [-0.3, -0.25) is 0 Å². The van der Waals surface area contributed by atoms with Crippen molar-refractivity contribution in [2.75, 3.05) is 10.6 Å². The monoisotopic (exact) mass is 1160 g/mol. The van der Waals surface area contributed by atoms with Gasteiger partial charge in [0.15, 0.2) is 17.5 Å². The van der Waals surface area contributed by atoms with Crippen LogP contribution >= 0.6 is 68.0 Å². The Balaban J connectivity index is 1.03. The molecular weight excluding hydrogens is 1080 g/mol. The van der Waals surface area contributed by atoms with Gasteiger partial charge in [0.1, 0.15) is 16.9 Å². The molecule has 0 atom stereocenters. The topological polar surface area (TPSA) is 75.6 Å². The molecular formula is C67H76N6S6. The third-order valence-electron chi connectivity index (χ3n) is 14.6. The average Bonchev–Trinajstić information content (AvgIpc) is 4.46. The molecule has 0 radical (unpaired) electrons. The maximum absolute atomic E-state index is 5.38. The fourth-order valence-electron chi connectivity index (χ4n) is 10.3. The highest BCUT2D eigenvalue weighted by Gasteiger charge is 2.24. The van der Waals surface area contributed by atoms with Crippen molar-refractivity contribution in [3.05, 3.63) is 143 Å². The lowest BCUT2D eigenvalue weighted by molar-refractivity contribution is 0.667. The van der Waals surface area contributed by atoms with Gasteiger partial charge in [0, 0.05) is 65.0 Å². The first-order valence-electron chi connectivity index (χ1n) is 29.3. The number of hydrogen-bond donors (Lipinski definition) is 2. The molecule has 0 amide bonds. The molecule has 0 aliphatic rings. The number of fused-ring (bicyclic) bond motifs is 1. The van der Waals surface area contributed by atoms with Crippen molar-refractivity contribution in [2.24, 2.45) is 0 Å². The highest BCUT2D eigenvalue weighted by molar-refractivity contribution is 7.31. The largest absolute Gasteiger partial charge is 0.338 e. The summed E-state index contributed by atoms with van der Waals surface area (Å²) in [5.41, 5.74) is 7.64. The van der Waals surface area contributed by atoms with Crippen molar-refractivity contribution in [1.82, 2.24) is 19.9 Å². The molecule has 2 N–H and O–H groups in total. The van der Waals surface area contributed by atoms with E-state index in [2.05, 4.69) is 117 Å². The molecule has 0 aliphatic heterocycles. The summed E-state index contributed by atoms with van der Waals surface area (Å²) in [5, 5.41) is 7.22. The third-order valence-corrected chi connectivity index (χ3v) is 22.4.